The third kappa shape index (κ3) is 6.05. The molecule has 1 aliphatic carbocycles. The molecule has 1 fully saturated rings. The Hall–Kier alpha value is -2.43. The summed E-state index contributed by atoms with van der Waals surface area (Å²) in [4.78, 5) is 30.1. The van der Waals surface area contributed by atoms with Crippen LogP contribution in [0.15, 0.2) is 12.3 Å². The predicted molar refractivity (Wildman–Crippen MR) is 88.0 cm³/mol. The Morgan fingerprint density at radius 1 is 1.44 bits per heavy atom. The first kappa shape index (κ1) is 20.9. The summed E-state index contributed by atoms with van der Waals surface area (Å²) in [6.45, 7) is 1.81. The van der Waals surface area contributed by atoms with Gasteiger partial charge in [0.05, 0.1) is 12.5 Å². The highest BCUT2D eigenvalue weighted by Gasteiger charge is 2.35. The lowest BCUT2D eigenvalue weighted by Gasteiger charge is -2.29. The lowest BCUT2D eigenvalue weighted by molar-refractivity contribution is -0.155. The van der Waals surface area contributed by atoms with E-state index in [4.69, 9.17) is 0 Å². The largest absolute Gasteiger partial charge is 0.433 e. The van der Waals surface area contributed by atoms with E-state index in [9.17, 15) is 28.0 Å². The summed E-state index contributed by atoms with van der Waals surface area (Å²) in [6, 6.07) is 0.713. The van der Waals surface area contributed by atoms with Crippen LogP contribution < -0.4 is 10.9 Å². The van der Waals surface area contributed by atoms with Crippen LogP contribution in [0.25, 0.3) is 0 Å². The number of amides is 2. The minimum absolute atomic E-state index is 0.0988. The molecule has 0 aliphatic heterocycles. The maximum Gasteiger partial charge on any atom is 0.433 e. The number of hydrogen-bond donors (Lipinski definition) is 3. The van der Waals surface area contributed by atoms with Crippen LogP contribution in [0.1, 0.15) is 44.7 Å². The van der Waals surface area contributed by atoms with Gasteiger partial charge in [-0.05, 0) is 30.7 Å². The molecule has 0 radical (unpaired) electrons. The Morgan fingerprint density at radius 3 is 2.70 bits per heavy atom. The number of hydrazine groups is 1. The summed E-state index contributed by atoms with van der Waals surface area (Å²) in [6.07, 6.45) is 0.833. The molecular formula is C16H22F3N5O3. The number of nitrogens with one attached hydrogen (secondary N) is 2. The van der Waals surface area contributed by atoms with Gasteiger partial charge in [-0.15, -0.1) is 0 Å². The van der Waals surface area contributed by atoms with Gasteiger partial charge in [0.15, 0.2) is 0 Å². The second-order valence-electron chi connectivity index (χ2n) is 7.02. The fourth-order valence-electron chi connectivity index (χ4n) is 3.33. The van der Waals surface area contributed by atoms with E-state index >= 15 is 0 Å². The Labute approximate surface area is 154 Å². The minimum atomic E-state index is -4.63. The van der Waals surface area contributed by atoms with E-state index < -0.39 is 29.6 Å². The molecule has 0 aromatic carbocycles. The summed E-state index contributed by atoms with van der Waals surface area (Å²) in [5, 5.41) is 9.84. The highest BCUT2D eigenvalue weighted by atomic mass is 19.4. The molecule has 0 bridgehead atoms. The van der Waals surface area contributed by atoms with Gasteiger partial charge >= 0.3 is 6.18 Å². The summed E-state index contributed by atoms with van der Waals surface area (Å²) in [5.41, 5.74) is 3.27. The van der Waals surface area contributed by atoms with Crippen LogP contribution in [0, 0.1) is 11.3 Å². The standard InChI is InChI=1S/C16H22F3N5O3/c1-15(5-2-3-6-15)8-11(9-24(27)10-25)13(26)22-23-14-20-7-4-12(21-14)16(17,18)19/h4,7,10-11,27H,2-3,5-6,8-9H2,1H3,(H,22,26)(H,20,21,23)/t11-/m1/s1. The van der Waals surface area contributed by atoms with Crippen molar-refractivity contribution in [2.75, 3.05) is 12.0 Å². The first-order valence-corrected chi connectivity index (χ1v) is 8.50. The number of halogens is 3. The van der Waals surface area contributed by atoms with Crippen molar-refractivity contribution in [3.63, 3.8) is 0 Å². The second-order valence-corrected chi connectivity index (χ2v) is 7.02. The van der Waals surface area contributed by atoms with Crippen molar-refractivity contribution in [2.45, 2.75) is 45.2 Å². The van der Waals surface area contributed by atoms with Gasteiger partial charge in [0.1, 0.15) is 5.69 Å². The quantitative estimate of drug-likeness (QED) is 0.358. The first-order chi connectivity index (χ1) is 12.6. The number of carbonyl (C=O) groups is 2. The fraction of sp³-hybridized carbons (Fsp3) is 0.625. The third-order valence-corrected chi connectivity index (χ3v) is 4.69. The van der Waals surface area contributed by atoms with Crippen molar-refractivity contribution in [1.82, 2.24) is 20.5 Å². The molecule has 1 aromatic heterocycles. The van der Waals surface area contributed by atoms with Crippen molar-refractivity contribution >= 4 is 18.3 Å². The maximum atomic E-state index is 12.7. The molecule has 1 aliphatic rings. The molecule has 27 heavy (non-hydrogen) atoms. The van der Waals surface area contributed by atoms with E-state index in [1.807, 2.05) is 6.92 Å². The molecule has 1 aromatic rings. The number of nitrogens with zero attached hydrogens (tertiary/aromatic N) is 3. The molecule has 150 valence electrons. The number of aromatic nitrogens is 2. The summed E-state index contributed by atoms with van der Waals surface area (Å²) in [7, 11) is 0. The van der Waals surface area contributed by atoms with Gasteiger partial charge < -0.3 is 0 Å². The van der Waals surface area contributed by atoms with Gasteiger partial charge in [0.25, 0.3) is 0 Å². The Kier molecular flexibility index (Phi) is 6.58. The van der Waals surface area contributed by atoms with E-state index in [-0.39, 0.29) is 18.4 Å². The van der Waals surface area contributed by atoms with E-state index in [1.165, 1.54) is 0 Å². The van der Waals surface area contributed by atoms with E-state index in [1.54, 1.807) is 0 Å². The van der Waals surface area contributed by atoms with Gasteiger partial charge in [-0.2, -0.15) is 13.2 Å². The molecular weight excluding hydrogens is 367 g/mol. The van der Waals surface area contributed by atoms with Crippen LogP contribution in [0.2, 0.25) is 0 Å². The van der Waals surface area contributed by atoms with Gasteiger partial charge in [-0.3, -0.25) is 25.6 Å². The van der Waals surface area contributed by atoms with Crippen molar-refractivity contribution in [3.05, 3.63) is 18.0 Å². The molecule has 8 nitrogen and oxygen atoms in total. The molecule has 0 unspecified atom stereocenters. The molecule has 1 atom stereocenters. The predicted octanol–water partition coefficient (Wildman–Crippen LogP) is 2.37. The first-order valence-electron chi connectivity index (χ1n) is 8.50. The Morgan fingerprint density at radius 2 is 2.11 bits per heavy atom. The molecule has 0 saturated heterocycles. The van der Waals surface area contributed by atoms with Crippen LogP contribution in [0.3, 0.4) is 0 Å². The molecule has 0 spiro atoms. The number of alkyl halides is 3. The van der Waals surface area contributed by atoms with Crippen molar-refractivity contribution < 1.29 is 28.0 Å². The average Bonchev–Trinajstić information content (AvgIpc) is 3.04. The Balaban J connectivity index is 2.03. The number of hydroxylamine groups is 2. The smallest absolute Gasteiger partial charge is 0.286 e. The van der Waals surface area contributed by atoms with Crippen LogP contribution in [-0.2, 0) is 15.8 Å². The van der Waals surface area contributed by atoms with E-state index in [0.717, 1.165) is 31.9 Å². The summed E-state index contributed by atoms with van der Waals surface area (Å²) < 4.78 is 38.0. The van der Waals surface area contributed by atoms with Crippen molar-refractivity contribution in [3.8, 4) is 0 Å². The SMILES string of the molecule is CC1(C[C@H](CN(O)C=O)C(=O)NNc2nccc(C(F)(F)F)n2)CCCC1. The highest BCUT2D eigenvalue weighted by molar-refractivity contribution is 5.80. The maximum absolute atomic E-state index is 12.7. The Bertz CT molecular complexity index is 665. The van der Waals surface area contributed by atoms with Gasteiger partial charge in [-0.25, -0.2) is 15.0 Å². The molecule has 2 amide bonds. The van der Waals surface area contributed by atoms with Gasteiger partial charge in [0.2, 0.25) is 18.3 Å². The normalized spacial score (nSPS) is 17.2. The topological polar surface area (TPSA) is 107 Å². The van der Waals surface area contributed by atoms with E-state index in [2.05, 4.69) is 20.8 Å². The lowest BCUT2D eigenvalue weighted by Crippen LogP contribution is -2.42. The second kappa shape index (κ2) is 8.51. The highest BCUT2D eigenvalue weighted by Crippen LogP contribution is 2.42. The van der Waals surface area contributed by atoms with E-state index in [0.29, 0.717) is 17.6 Å². The van der Waals surface area contributed by atoms with Gasteiger partial charge in [-0.1, -0.05) is 19.8 Å². The summed E-state index contributed by atoms with van der Waals surface area (Å²) in [5.74, 6) is -1.74. The van der Waals surface area contributed by atoms with Crippen LogP contribution >= 0.6 is 0 Å². The number of anilines is 1. The zero-order valence-electron chi connectivity index (χ0n) is 14.8. The average molecular weight is 389 g/mol. The fourth-order valence-corrected chi connectivity index (χ4v) is 3.33. The lowest BCUT2D eigenvalue weighted by atomic mass is 9.79. The minimum Gasteiger partial charge on any atom is -0.286 e. The van der Waals surface area contributed by atoms with Crippen molar-refractivity contribution in [1.29, 1.82) is 0 Å². The van der Waals surface area contributed by atoms with Crippen LogP contribution in [0.4, 0.5) is 19.1 Å². The van der Waals surface area contributed by atoms with Crippen molar-refractivity contribution in [2.24, 2.45) is 11.3 Å². The molecule has 11 heteroatoms. The zero-order chi connectivity index (χ0) is 20.1. The number of rotatable bonds is 8. The summed E-state index contributed by atoms with van der Waals surface area (Å²) >= 11 is 0. The van der Waals surface area contributed by atoms with Gasteiger partial charge in [0, 0.05) is 6.20 Å². The molecule has 2 rings (SSSR count). The third-order valence-electron chi connectivity index (χ3n) is 4.69. The molecule has 3 N–H and O–H groups in total. The van der Waals surface area contributed by atoms with Crippen LogP contribution in [0.5, 0.6) is 0 Å². The van der Waals surface area contributed by atoms with Crippen LogP contribution in [-0.4, -0.2) is 39.1 Å². The number of carbonyl (C=O) groups excluding carboxylic acids is 2. The zero-order valence-corrected chi connectivity index (χ0v) is 14.8. The monoisotopic (exact) mass is 389 g/mol. The molecule has 1 heterocycles. The number of hydrogen-bond acceptors (Lipinski definition) is 6. The molecule has 1 saturated carbocycles.